The van der Waals surface area contributed by atoms with Crippen LogP contribution in [0.3, 0.4) is 0 Å². The van der Waals surface area contributed by atoms with Crippen LogP contribution in [0.4, 0.5) is 0 Å². The van der Waals surface area contributed by atoms with Gasteiger partial charge in [-0.3, -0.25) is 18.4 Å². The molecule has 11 rings (SSSR count). The van der Waals surface area contributed by atoms with E-state index in [9.17, 15) is 9.59 Å². The second-order valence-electron chi connectivity index (χ2n) is 12.3. The fraction of sp³-hybridized carbons (Fsp3) is 0.0526. The number of benzene rings is 7. The molecule has 44 heavy (non-hydrogen) atoms. The molecule has 6 heteroatoms. The van der Waals surface area contributed by atoms with E-state index in [4.69, 9.17) is 9.97 Å². The first kappa shape index (κ1) is 22.7. The second kappa shape index (κ2) is 7.18. The summed E-state index contributed by atoms with van der Waals surface area (Å²) in [6, 6.07) is 28.7. The van der Waals surface area contributed by atoms with E-state index in [0.717, 1.165) is 87.1 Å². The van der Waals surface area contributed by atoms with Crippen LogP contribution in [-0.4, -0.2) is 18.8 Å². The van der Waals surface area contributed by atoms with Gasteiger partial charge in [0.1, 0.15) is 11.3 Å². The summed E-state index contributed by atoms with van der Waals surface area (Å²) < 4.78 is 3.53. The Morgan fingerprint density at radius 3 is 1.18 bits per heavy atom. The molecule has 11 aromatic rings. The molecular formula is C38H20N4O2. The first-order valence-electron chi connectivity index (χ1n) is 14.8. The fourth-order valence-corrected chi connectivity index (χ4v) is 8.00. The molecule has 0 radical (unpaired) electrons. The predicted octanol–water partition coefficient (Wildman–Crippen LogP) is 7.86. The van der Waals surface area contributed by atoms with Crippen LogP contribution >= 0.6 is 0 Å². The molecule has 0 amide bonds. The number of hydrogen-bond donors (Lipinski definition) is 0. The van der Waals surface area contributed by atoms with Crippen molar-refractivity contribution in [1.29, 1.82) is 0 Å². The maximum absolute atomic E-state index is 14.1. The Kier molecular flexibility index (Phi) is 3.70. The number of nitrogens with zero attached hydrogens (tertiary/aromatic N) is 4. The zero-order chi connectivity index (χ0) is 29.2. The molecule has 0 bridgehead atoms. The highest BCUT2D eigenvalue weighted by atomic mass is 16.1. The van der Waals surface area contributed by atoms with E-state index < -0.39 is 0 Å². The molecular weight excluding hydrogens is 544 g/mol. The van der Waals surface area contributed by atoms with Gasteiger partial charge in [-0.05, 0) is 106 Å². The van der Waals surface area contributed by atoms with Gasteiger partial charge < -0.3 is 0 Å². The Balaban J connectivity index is 1.38. The minimum atomic E-state index is -0.0555. The van der Waals surface area contributed by atoms with Crippen LogP contribution in [0, 0.1) is 13.8 Å². The third-order valence-corrected chi connectivity index (χ3v) is 9.87. The van der Waals surface area contributed by atoms with Gasteiger partial charge in [-0.25, -0.2) is 9.97 Å². The van der Waals surface area contributed by atoms with Crippen molar-refractivity contribution in [3.63, 3.8) is 0 Å². The second-order valence-corrected chi connectivity index (χ2v) is 12.3. The molecule has 0 aliphatic rings. The molecule has 0 unspecified atom stereocenters. The van der Waals surface area contributed by atoms with Crippen molar-refractivity contribution < 1.29 is 0 Å². The lowest BCUT2D eigenvalue weighted by atomic mass is 9.86. The van der Waals surface area contributed by atoms with Crippen LogP contribution in [0.25, 0.3) is 98.0 Å². The number of aryl methyl sites for hydroxylation is 2. The molecule has 0 fully saturated rings. The van der Waals surface area contributed by atoms with Gasteiger partial charge in [0.2, 0.25) is 0 Å². The Morgan fingerprint density at radius 2 is 0.773 bits per heavy atom. The van der Waals surface area contributed by atoms with Gasteiger partial charge >= 0.3 is 0 Å². The monoisotopic (exact) mass is 564 g/mol. The van der Waals surface area contributed by atoms with Crippen molar-refractivity contribution in [2.24, 2.45) is 0 Å². The van der Waals surface area contributed by atoms with Gasteiger partial charge in [0.15, 0.2) is 0 Å². The molecule has 7 aromatic carbocycles. The summed E-state index contributed by atoms with van der Waals surface area (Å²) in [6.45, 7) is 4.06. The molecule has 0 saturated carbocycles. The SMILES string of the molecule is Cc1ccc2nc3c4ccc5c6ccc7c8c(ccc(c9ccc(c(=O)n3c2c1)c4c95)c68)c(=O)n1c2cc(C)ccc2nc71. The summed E-state index contributed by atoms with van der Waals surface area (Å²) in [4.78, 5) is 38.1. The van der Waals surface area contributed by atoms with Crippen molar-refractivity contribution in [3.8, 4) is 0 Å². The van der Waals surface area contributed by atoms with E-state index in [0.29, 0.717) is 22.1 Å². The van der Waals surface area contributed by atoms with Crippen LogP contribution in [0.5, 0.6) is 0 Å². The van der Waals surface area contributed by atoms with Crippen molar-refractivity contribution in [3.05, 3.63) is 117 Å². The van der Waals surface area contributed by atoms with Gasteiger partial charge in [0, 0.05) is 32.3 Å². The largest absolute Gasteiger partial charge is 0.268 e. The van der Waals surface area contributed by atoms with Gasteiger partial charge in [0.25, 0.3) is 11.1 Å². The number of imidazole rings is 2. The van der Waals surface area contributed by atoms with Gasteiger partial charge in [-0.1, -0.05) is 36.4 Å². The average Bonchev–Trinajstić information content (AvgIpc) is 3.60. The smallest absolute Gasteiger partial charge is 0.264 e. The van der Waals surface area contributed by atoms with Crippen molar-refractivity contribution >= 4 is 98.0 Å². The number of pyridine rings is 2. The van der Waals surface area contributed by atoms with Crippen LogP contribution in [0.1, 0.15) is 11.1 Å². The minimum absolute atomic E-state index is 0.0555. The first-order valence-corrected chi connectivity index (χ1v) is 14.8. The quantitative estimate of drug-likeness (QED) is 0.139. The number of hydrogen-bond acceptors (Lipinski definition) is 4. The molecule has 0 aliphatic carbocycles. The molecule has 0 N–H and O–H groups in total. The Morgan fingerprint density at radius 1 is 0.432 bits per heavy atom. The lowest BCUT2D eigenvalue weighted by Crippen LogP contribution is -2.14. The molecule has 0 spiro atoms. The van der Waals surface area contributed by atoms with Crippen LogP contribution in [-0.2, 0) is 0 Å². The minimum Gasteiger partial charge on any atom is -0.268 e. The molecule has 204 valence electrons. The molecule has 4 aromatic heterocycles. The standard InChI is InChI=1S/C38H20N4O2/c1-17-3-13-27-29(15-17)41-35(39-27)23-9-5-19-20-6-10-24-34-26(38(44)42-30-16-18(2)4-14-28(30)40-36(24)42)12-8-22(32(20)34)21-7-11-25(37(41)43)33(23)31(19)21/h3-16H,1-2H3. The maximum Gasteiger partial charge on any atom is 0.264 e. The maximum atomic E-state index is 14.1. The fourth-order valence-electron chi connectivity index (χ4n) is 8.00. The molecule has 6 nitrogen and oxygen atoms in total. The van der Waals surface area contributed by atoms with E-state index in [1.807, 2.05) is 62.4 Å². The Hall–Kier alpha value is -5.88. The highest BCUT2D eigenvalue weighted by Gasteiger charge is 2.23. The van der Waals surface area contributed by atoms with E-state index in [1.165, 1.54) is 0 Å². The van der Waals surface area contributed by atoms with Gasteiger partial charge in [-0.2, -0.15) is 0 Å². The summed E-state index contributed by atoms with van der Waals surface area (Å²) >= 11 is 0. The zero-order valence-corrected chi connectivity index (χ0v) is 23.7. The third kappa shape index (κ3) is 2.40. The topological polar surface area (TPSA) is 68.7 Å². The highest BCUT2D eigenvalue weighted by molar-refractivity contribution is 6.40. The predicted molar refractivity (Wildman–Crippen MR) is 180 cm³/mol. The number of aromatic nitrogens is 4. The summed E-state index contributed by atoms with van der Waals surface area (Å²) in [5.74, 6) is 0. The van der Waals surface area contributed by atoms with E-state index >= 15 is 0 Å². The Labute approximate surface area is 247 Å². The third-order valence-electron chi connectivity index (χ3n) is 9.87. The Bertz CT molecular complexity index is 2990. The molecule has 0 aliphatic heterocycles. The van der Waals surface area contributed by atoms with E-state index in [1.54, 1.807) is 8.80 Å². The summed E-state index contributed by atoms with van der Waals surface area (Å²) in [5, 5.41) is 11.5. The lowest BCUT2D eigenvalue weighted by Gasteiger charge is -2.18. The highest BCUT2D eigenvalue weighted by Crippen LogP contribution is 2.45. The van der Waals surface area contributed by atoms with Crippen LogP contribution in [0.15, 0.2) is 94.5 Å². The number of fused-ring (bicyclic) bond motifs is 10. The first-order chi connectivity index (χ1) is 21.5. The van der Waals surface area contributed by atoms with Crippen LogP contribution < -0.4 is 11.1 Å². The summed E-state index contributed by atoms with van der Waals surface area (Å²) in [6.07, 6.45) is 0. The average molecular weight is 565 g/mol. The zero-order valence-electron chi connectivity index (χ0n) is 23.7. The van der Waals surface area contributed by atoms with Crippen molar-refractivity contribution in [1.82, 2.24) is 18.8 Å². The normalized spacial score (nSPS) is 13.0. The van der Waals surface area contributed by atoms with Crippen molar-refractivity contribution in [2.75, 3.05) is 0 Å². The molecule has 4 heterocycles. The lowest BCUT2D eigenvalue weighted by molar-refractivity contribution is 1.19. The molecule has 0 saturated heterocycles. The van der Waals surface area contributed by atoms with Gasteiger partial charge in [0.05, 0.1) is 22.1 Å². The van der Waals surface area contributed by atoms with E-state index in [-0.39, 0.29) is 11.1 Å². The molecule has 0 atom stereocenters. The summed E-state index contributed by atoms with van der Waals surface area (Å²) in [5.41, 5.74) is 6.72. The van der Waals surface area contributed by atoms with Crippen molar-refractivity contribution in [2.45, 2.75) is 13.8 Å². The number of rotatable bonds is 0. The summed E-state index contributed by atoms with van der Waals surface area (Å²) in [7, 11) is 0. The van der Waals surface area contributed by atoms with Crippen LogP contribution in [0.2, 0.25) is 0 Å². The van der Waals surface area contributed by atoms with Gasteiger partial charge in [-0.15, -0.1) is 0 Å². The van der Waals surface area contributed by atoms with E-state index in [2.05, 4.69) is 36.4 Å².